The lowest BCUT2D eigenvalue weighted by Crippen LogP contribution is -2.40. The van der Waals surface area contributed by atoms with Crippen molar-refractivity contribution >= 4 is 11.8 Å². The predicted molar refractivity (Wildman–Crippen MR) is 148 cm³/mol. The number of fused-ring (bicyclic) bond motifs is 1. The normalized spacial score (nSPS) is 23.6. The molecule has 6 rings (SSSR count). The molecule has 11 heteroatoms. The molecule has 3 heterocycles. The monoisotopic (exact) mass is 581 g/mol. The number of aryl methyl sites for hydroxylation is 1. The van der Waals surface area contributed by atoms with Gasteiger partial charge in [0.2, 0.25) is 5.91 Å². The second-order valence-electron chi connectivity index (χ2n) is 11.7. The van der Waals surface area contributed by atoms with Gasteiger partial charge in [0.05, 0.1) is 12.9 Å². The van der Waals surface area contributed by atoms with Crippen LogP contribution in [0.4, 0.5) is 13.2 Å². The van der Waals surface area contributed by atoms with E-state index in [-0.39, 0.29) is 35.7 Å². The van der Waals surface area contributed by atoms with Crippen LogP contribution < -0.4 is 4.74 Å². The molecule has 3 aromatic rings. The summed E-state index contributed by atoms with van der Waals surface area (Å²) in [5.74, 6) is 1.00. The molecule has 222 valence electrons. The summed E-state index contributed by atoms with van der Waals surface area (Å²) in [7, 11) is 1.77. The van der Waals surface area contributed by atoms with Crippen molar-refractivity contribution in [3.63, 3.8) is 0 Å². The molecule has 3 fully saturated rings. The summed E-state index contributed by atoms with van der Waals surface area (Å²) in [4.78, 5) is 36.5. The summed E-state index contributed by atoms with van der Waals surface area (Å²) in [6, 6.07) is 16.1. The second-order valence-corrected chi connectivity index (χ2v) is 11.7. The third-order valence-electron chi connectivity index (χ3n) is 8.77. The van der Waals surface area contributed by atoms with Gasteiger partial charge in [-0.25, -0.2) is 4.98 Å². The summed E-state index contributed by atoms with van der Waals surface area (Å²) in [5.41, 5.74) is 2.11. The standard InChI is InChI=1S/C31H34F3N5O3/c1-36-18-28(35-20-36)30(41)39(13-21-6-5-9-24(12-21)42-31(32,33)34)17-27-25-15-37(16-26(25)27)19-29(40)38-11-10-23(14-38)22-7-3-2-4-8-22/h2-9,12,18,20,23,25-27H,10-11,13-17,19H2,1H3. The zero-order valence-electron chi connectivity index (χ0n) is 23.4. The summed E-state index contributed by atoms with van der Waals surface area (Å²) in [5, 5.41) is 0. The lowest BCUT2D eigenvalue weighted by molar-refractivity contribution is -0.274. The number of alkyl halides is 3. The highest BCUT2D eigenvalue weighted by molar-refractivity contribution is 5.92. The number of nitrogens with zero attached hydrogens (tertiary/aromatic N) is 5. The van der Waals surface area contributed by atoms with E-state index in [0.717, 1.165) is 32.6 Å². The maximum Gasteiger partial charge on any atom is 0.573 e. The minimum atomic E-state index is -4.79. The topological polar surface area (TPSA) is 70.9 Å². The molecule has 3 atom stereocenters. The quantitative estimate of drug-likeness (QED) is 0.380. The van der Waals surface area contributed by atoms with E-state index < -0.39 is 6.36 Å². The molecule has 42 heavy (non-hydrogen) atoms. The van der Waals surface area contributed by atoms with Gasteiger partial charge in [0.25, 0.3) is 5.91 Å². The third kappa shape index (κ3) is 6.46. The molecule has 8 nitrogen and oxygen atoms in total. The number of likely N-dealkylation sites (tertiary alicyclic amines) is 2. The smallest absolute Gasteiger partial charge is 0.406 e. The van der Waals surface area contributed by atoms with Crippen LogP contribution in [0.1, 0.15) is 34.0 Å². The molecule has 3 aliphatic rings. The average Bonchev–Trinajstić information content (AvgIpc) is 3.44. The summed E-state index contributed by atoms with van der Waals surface area (Å²) >= 11 is 0. The van der Waals surface area contributed by atoms with Crippen LogP contribution in [0, 0.1) is 17.8 Å². The van der Waals surface area contributed by atoms with Gasteiger partial charge in [-0.05, 0) is 47.4 Å². The van der Waals surface area contributed by atoms with Crippen LogP contribution >= 0.6 is 0 Å². The maximum absolute atomic E-state index is 13.4. The molecule has 0 bridgehead atoms. The van der Waals surface area contributed by atoms with Crippen molar-refractivity contribution in [3.05, 3.63) is 83.9 Å². The highest BCUT2D eigenvalue weighted by Gasteiger charge is 2.56. The molecule has 3 unspecified atom stereocenters. The Morgan fingerprint density at radius 1 is 1.05 bits per heavy atom. The molecule has 2 aliphatic heterocycles. The van der Waals surface area contributed by atoms with E-state index in [2.05, 4.69) is 26.8 Å². The van der Waals surface area contributed by atoms with Crippen LogP contribution in [-0.4, -0.2) is 81.7 Å². The first kappa shape index (κ1) is 28.3. The second kappa shape index (κ2) is 11.4. The first-order chi connectivity index (χ1) is 20.1. The number of rotatable bonds is 9. The lowest BCUT2D eigenvalue weighted by atomic mass is 9.99. The van der Waals surface area contributed by atoms with Gasteiger partial charge in [-0.1, -0.05) is 42.5 Å². The van der Waals surface area contributed by atoms with E-state index in [4.69, 9.17) is 0 Å². The van der Waals surface area contributed by atoms with Gasteiger partial charge in [0, 0.05) is 58.4 Å². The average molecular weight is 582 g/mol. The Morgan fingerprint density at radius 3 is 2.50 bits per heavy atom. The Morgan fingerprint density at radius 2 is 1.81 bits per heavy atom. The Labute approximate surface area is 242 Å². The molecule has 1 saturated carbocycles. The fraction of sp³-hybridized carbons (Fsp3) is 0.452. The predicted octanol–water partition coefficient (Wildman–Crippen LogP) is 4.16. The number of aromatic nitrogens is 2. The molecular formula is C31H34F3N5O3. The van der Waals surface area contributed by atoms with E-state index in [1.54, 1.807) is 35.1 Å². The molecule has 0 N–H and O–H groups in total. The molecule has 0 radical (unpaired) electrons. The van der Waals surface area contributed by atoms with Crippen LogP contribution in [-0.2, 0) is 18.4 Å². The SMILES string of the molecule is Cn1cnc(C(=O)N(Cc2cccc(OC(F)(F)F)c2)CC2C3CN(CC(=O)N4CCC(c5ccccc5)C4)CC32)c1. The number of hydrogen-bond donors (Lipinski definition) is 0. The fourth-order valence-electron chi connectivity index (χ4n) is 6.63. The Bertz CT molecular complexity index is 1420. The largest absolute Gasteiger partial charge is 0.573 e. The minimum Gasteiger partial charge on any atom is -0.406 e. The summed E-state index contributed by atoms with van der Waals surface area (Å²) in [6.45, 7) is 4.16. The first-order valence-electron chi connectivity index (χ1n) is 14.3. The van der Waals surface area contributed by atoms with Gasteiger partial charge in [-0.3, -0.25) is 14.5 Å². The molecule has 1 aromatic heterocycles. The van der Waals surface area contributed by atoms with Crippen molar-refractivity contribution < 1.29 is 27.5 Å². The fourth-order valence-corrected chi connectivity index (χ4v) is 6.63. The van der Waals surface area contributed by atoms with Crippen LogP contribution in [0.5, 0.6) is 5.75 Å². The van der Waals surface area contributed by atoms with Gasteiger partial charge in [-0.15, -0.1) is 13.2 Å². The Balaban J connectivity index is 1.05. The van der Waals surface area contributed by atoms with Gasteiger partial charge < -0.3 is 19.1 Å². The molecule has 1 aliphatic carbocycles. The van der Waals surface area contributed by atoms with Crippen molar-refractivity contribution in [1.29, 1.82) is 0 Å². The summed E-state index contributed by atoms with van der Waals surface area (Å²) < 4.78 is 44.0. The zero-order chi connectivity index (χ0) is 29.4. The highest BCUT2D eigenvalue weighted by atomic mass is 19.4. The number of amides is 2. The van der Waals surface area contributed by atoms with Crippen molar-refractivity contribution in [2.75, 3.05) is 39.3 Å². The van der Waals surface area contributed by atoms with Crippen LogP contribution in [0.2, 0.25) is 0 Å². The van der Waals surface area contributed by atoms with Gasteiger partial charge >= 0.3 is 6.36 Å². The third-order valence-corrected chi connectivity index (χ3v) is 8.77. The van der Waals surface area contributed by atoms with E-state index in [1.807, 2.05) is 23.1 Å². The number of benzene rings is 2. The van der Waals surface area contributed by atoms with Crippen LogP contribution in [0.15, 0.2) is 67.1 Å². The van der Waals surface area contributed by atoms with Crippen molar-refractivity contribution in [1.82, 2.24) is 24.3 Å². The first-order valence-corrected chi connectivity index (χ1v) is 14.3. The number of imidazole rings is 1. The van der Waals surface area contributed by atoms with Crippen LogP contribution in [0.25, 0.3) is 0 Å². The Hall–Kier alpha value is -3.86. The van der Waals surface area contributed by atoms with Gasteiger partial charge in [0.15, 0.2) is 0 Å². The van der Waals surface area contributed by atoms with E-state index >= 15 is 0 Å². The molecule has 2 aromatic carbocycles. The molecule has 0 spiro atoms. The molecule has 2 saturated heterocycles. The number of piperidine rings is 1. The number of ether oxygens (including phenoxy) is 1. The minimum absolute atomic E-state index is 0.139. The molecular weight excluding hydrogens is 547 g/mol. The van der Waals surface area contributed by atoms with E-state index in [9.17, 15) is 22.8 Å². The highest BCUT2D eigenvalue weighted by Crippen LogP contribution is 2.52. The van der Waals surface area contributed by atoms with Crippen molar-refractivity contribution in [2.45, 2.75) is 25.2 Å². The zero-order valence-corrected chi connectivity index (χ0v) is 23.4. The van der Waals surface area contributed by atoms with Crippen LogP contribution in [0.3, 0.4) is 0 Å². The number of carbonyl (C=O) groups is 2. The Kier molecular flexibility index (Phi) is 7.69. The van der Waals surface area contributed by atoms with E-state index in [0.29, 0.717) is 36.4 Å². The maximum atomic E-state index is 13.4. The van der Waals surface area contributed by atoms with Crippen molar-refractivity contribution in [2.24, 2.45) is 24.8 Å². The number of hydrogen-bond acceptors (Lipinski definition) is 5. The van der Waals surface area contributed by atoms with Crippen molar-refractivity contribution in [3.8, 4) is 5.75 Å². The van der Waals surface area contributed by atoms with Gasteiger partial charge in [-0.2, -0.15) is 0 Å². The summed E-state index contributed by atoms with van der Waals surface area (Å²) in [6.07, 6.45) is -0.625. The van der Waals surface area contributed by atoms with E-state index in [1.165, 1.54) is 23.8 Å². The molecule has 2 amide bonds. The van der Waals surface area contributed by atoms with Gasteiger partial charge in [0.1, 0.15) is 11.4 Å². The number of halogens is 3. The lowest BCUT2D eigenvalue weighted by Gasteiger charge is -2.26. The number of carbonyl (C=O) groups excluding carboxylic acids is 2.